The lowest BCUT2D eigenvalue weighted by Gasteiger charge is -2.03. The van der Waals surface area contributed by atoms with E-state index in [9.17, 15) is 4.79 Å². The Kier molecular flexibility index (Phi) is 5.32. The standard InChI is InChI=1S/C12H18N2O2/c1-3-4-5-6-7-11(2)12(15)16-14-9-8-13-10-14/h7-10H,3-6H2,1-2H3. The second-order valence-corrected chi connectivity index (χ2v) is 3.68. The molecule has 0 radical (unpaired) electrons. The summed E-state index contributed by atoms with van der Waals surface area (Å²) in [6, 6.07) is 0. The molecule has 0 fully saturated rings. The molecule has 1 aromatic heterocycles. The molecule has 0 saturated carbocycles. The summed E-state index contributed by atoms with van der Waals surface area (Å²) in [4.78, 5) is 20.3. The van der Waals surface area contributed by atoms with Crippen LogP contribution in [0.1, 0.15) is 39.5 Å². The molecule has 0 atom stereocenters. The van der Waals surface area contributed by atoms with E-state index in [2.05, 4.69) is 11.9 Å². The zero-order valence-corrected chi connectivity index (χ0v) is 9.85. The highest BCUT2D eigenvalue weighted by molar-refractivity contribution is 5.87. The van der Waals surface area contributed by atoms with Gasteiger partial charge in [0, 0.05) is 11.8 Å². The van der Waals surface area contributed by atoms with Crippen molar-refractivity contribution in [2.75, 3.05) is 0 Å². The van der Waals surface area contributed by atoms with Gasteiger partial charge in [-0.1, -0.05) is 25.8 Å². The average Bonchev–Trinajstić information content (AvgIpc) is 2.76. The van der Waals surface area contributed by atoms with Crippen molar-refractivity contribution in [3.63, 3.8) is 0 Å². The summed E-state index contributed by atoms with van der Waals surface area (Å²) in [6.07, 6.45) is 10.9. The maximum absolute atomic E-state index is 11.5. The van der Waals surface area contributed by atoms with Gasteiger partial charge in [0.15, 0.2) is 0 Å². The summed E-state index contributed by atoms with van der Waals surface area (Å²) < 4.78 is 1.30. The number of unbranched alkanes of at least 4 members (excludes halogenated alkanes) is 3. The SMILES string of the molecule is CCCCCC=C(C)C(=O)On1ccnc1. The predicted molar refractivity (Wildman–Crippen MR) is 61.7 cm³/mol. The van der Waals surface area contributed by atoms with Crippen LogP contribution in [-0.2, 0) is 4.79 Å². The van der Waals surface area contributed by atoms with Crippen LogP contribution < -0.4 is 4.84 Å². The summed E-state index contributed by atoms with van der Waals surface area (Å²) in [7, 11) is 0. The first kappa shape index (κ1) is 12.5. The van der Waals surface area contributed by atoms with Gasteiger partial charge in [-0.05, 0) is 19.8 Å². The minimum absolute atomic E-state index is 0.325. The topological polar surface area (TPSA) is 44.1 Å². The first-order valence-corrected chi connectivity index (χ1v) is 5.61. The Morgan fingerprint density at radius 1 is 1.50 bits per heavy atom. The number of carbonyl (C=O) groups excluding carboxylic acids is 1. The molecule has 16 heavy (non-hydrogen) atoms. The Morgan fingerprint density at radius 3 is 2.94 bits per heavy atom. The fourth-order valence-electron chi connectivity index (χ4n) is 1.26. The smallest absolute Gasteiger partial charge is 0.330 e. The molecule has 0 spiro atoms. The molecule has 0 aromatic carbocycles. The van der Waals surface area contributed by atoms with E-state index in [0.717, 1.165) is 12.8 Å². The lowest BCUT2D eigenvalue weighted by Crippen LogP contribution is -2.18. The molecule has 0 amide bonds. The Balaban J connectivity index is 2.35. The molecule has 0 bridgehead atoms. The lowest BCUT2D eigenvalue weighted by molar-refractivity contribution is -0.139. The Morgan fingerprint density at radius 2 is 2.31 bits per heavy atom. The second-order valence-electron chi connectivity index (χ2n) is 3.68. The van der Waals surface area contributed by atoms with Crippen molar-refractivity contribution in [2.24, 2.45) is 0 Å². The molecule has 0 N–H and O–H groups in total. The van der Waals surface area contributed by atoms with E-state index in [1.165, 1.54) is 23.9 Å². The molecule has 4 nitrogen and oxygen atoms in total. The van der Waals surface area contributed by atoms with Crippen LogP contribution in [-0.4, -0.2) is 15.7 Å². The van der Waals surface area contributed by atoms with Crippen LogP contribution in [0.5, 0.6) is 0 Å². The first-order valence-electron chi connectivity index (χ1n) is 5.61. The van der Waals surface area contributed by atoms with Crippen molar-refractivity contribution in [3.05, 3.63) is 30.4 Å². The van der Waals surface area contributed by atoms with Crippen LogP contribution in [0.4, 0.5) is 0 Å². The summed E-state index contributed by atoms with van der Waals surface area (Å²) in [5.74, 6) is -0.325. The van der Waals surface area contributed by atoms with E-state index >= 15 is 0 Å². The van der Waals surface area contributed by atoms with Gasteiger partial charge in [0.05, 0.1) is 6.20 Å². The molecule has 4 heteroatoms. The maximum atomic E-state index is 11.5. The van der Waals surface area contributed by atoms with E-state index < -0.39 is 0 Å². The largest absolute Gasteiger partial charge is 0.359 e. The third-order valence-corrected chi connectivity index (χ3v) is 2.25. The quantitative estimate of drug-likeness (QED) is 0.548. The van der Waals surface area contributed by atoms with Crippen LogP contribution in [0.2, 0.25) is 0 Å². The van der Waals surface area contributed by atoms with Crippen LogP contribution in [0.3, 0.4) is 0 Å². The van der Waals surface area contributed by atoms with E-state index in [4.69, 9.17) is 4.84 Å². The predicted octanol–water partition coefficient (Wildman–Crippen LogP) is 2.36. The number of nitrogens with zero attached hydrogens (tertiary/aromatic N) is 2. The fourth-order valence-corrected chi connectivity index (χ4v) is 1.26. The zero-order valence-electron chi connectivity index (χ0n) is 9.85. The molecular formula is C12H18N2O2. The Bertz CT molecular complexity index is 342. The molecule has 0 aliphatic heterocycles. The lowest BCUT2D eigenvalue weighted by atomic mass is 10.1. The van der Waals surface area contributed by atoms with Crippen LogP contribution >= 0.6 is 0 Å². The third kappa shape index (κ3) is 4.29. The van der Waals surface area contributed by atoms with Gasteiger partial charge in [0.1, 0.15) is 6.33 Å². The minimum atomic E-state index is -0.325. The Hall–Kier alpha value is -1.58. The van der Waals surface area contributed by atoms with Gasteiger partial charge >= 0.3 is 5.97 Å². The number of carbonyl (C=O) groups is 1. The highest BCUT2D eigenvalue weighted by Crippen LogP contribution is 2.03. The molecule has 0 saturated heterocycles. The molecule has 1 aromatic rings. The number of allylic oxidation sites excluding steroid dienone is 1. The highest BCUT2D eigenvalue weighted by atomic mass is 16.7. The molecule has 0 aliphatic rings. The zero-order chi connectivity index (χ0) is 11.8. The van der Waals surface area contributed by atoms with Gasteiger partial charge in [0.2, 0.25) is 0 Å². The maximum Gasteiger partial charge on any atom is 0.359 e. The normalized spacial score (nSPS) is 11.5. The molecule has 0 aliphatic carbocycles. The van der Waals surface area contributed by atoms with Crippen molar-refractivity contribution in [1.29, 1.82) is 0 Å². The van der Waals surface area contributed by atoms with Crippen LogP contribution in [0.15, 0.2) is 30.4 Å². The van der Waals surface area contributed by atoms with Gasteiger partial charge in [-0.15, -0.1) is 0 Å². The number of hydrogen-bond acceptors (Lipinski definition) is 3. The minimum Gasteiger partial charge on any atom is -0.330 e. The fraction of sp³-hybridized carbons (Fsp3) is 0.500. The monoisotopic (exact) mass is 222 g/mol. The van der Waals surface area contributed by atoms with Crippen molar-refractivity contribution in [1.82, 2.24) is 9.71 Å². The van der Waals surface area contributed by atoms with Crippen molar-refractivity contribution < 1.29 is 9.63 Å². The van der Waals surface area contributed by atoms with Gasteiger partial charge in [0.25, 0.3) is 0 Å². The second kappa shape index (κ2) is 6.82. The first-order chi connectivity index (χ1) is 7.74. The number of imidazole rings is 1. The molecule has 88 valence electrons. The Labute approximate surface area is 95.9 Å². The van der Waals surface area contributed by atoms with Crippen LogP contribution in [0, 0.1) is 0 Å². The van der Waals surface area contributed by atoms with Crippen molar-refractivity contribution in [3.8, 4) is 0 Å². The van der Waals surface area contributed by atoms with Crippen LogP contribution in [0.25, 0.3) is 0 Å². The van der Waals surface area contributed by atoms with E-state index in [0.29, 0.717) is 5.57 Å². The number of hydrogen-bond donors (Lipinski definition) is 0. The molecule has 0 unspecified atom stereocenters. The van der Waals surface area contributed by atoms with Gasteiger partial charge in [-0.2, -0.15) is 4.73 Å². The van der Waals surface area contributed by atoms with E-state index in [1.54, 1.807) is 19.3 Å². The molecular weight excluding hydrogens is 204 g/mol. The third-order valence-electron chi connectivity index (χ3n) is 2.25. The molecule has 1 heterocycles. The average molecular weight is 222 g/mol. The van der Waals surface area contributed by atoms with E-state index in [1.807, 2.05) is 6.08 Å². The van der Waals surface area contributed by atoms with Crippen molar-refractivity contribution in [2.45, 2.75) is 39.5 Å². The number of rotatable bonds is 6. The van der Waals surface area contributed by atoms with Gasteiger partial charge in [-0.25, -0.2) is 9.78 Å². The molecule has 1 rings (SSSR count). The van der Waals surface area contributed by atoms with Gasteiger partial charge in [-0.3, -0.25) is 0 Å². The van der Waals surface area contributed by atoms with E-state index in [-0.39, 0.29) is 5.97 Å². The number of aromatic nitrogens is 2. The summed E-state index contributed by atoms with van der Waals surface area (Å²) in [5, 5.41) is 0. The summed E-state index contributed by atoms with van der Waals surface area (Å²) >= 11 is 0. The van der Waals surface area contributed by atoms with Crippen molar-refractivity contribution >= 4 is 5.97 Å². The summed E-state index contributed by atoms with van der Waals surface area (Å²) in [5.41, 5.74) is 0.643. The summed E-state index contributed by atoms with van der Waals surface area (Å²) in [6.45, 7) is 3.93. The van der Waals surface area contributed by atoms with Gasteiger partial charge < -0.3 is 4.84 Å². The highest BCUT2D eigenvalue weighted by Gasteiger charge is 2.06.